The first kappa shape index (κ1) is 20.3. The van der Waals surface area contributed by atoms with Gasteiger partial charge in [0.1, 0.15) is 0 Å². The molecule has 0 saturated heterocycles. The van der Waals surface area contributed by atoms with Crippen LogP contribution in [-0.4, -0.2) is 24.2 Å². The minimum atomic E-state index is -0.531. The maximum atomic E-state index is 13.2. The van der Waals surface area contributed by atoms with E-state index in [-0.39, 0.29) is 18.7 Å². The van der Waals surface area contributed by atoms with E-state index in [0.717, 1.165) is 41.1 Å². The van der Waals surface area contributed by atoms with Crippen LogP contribution in [0.2, 0.25) is 5.02 Å². The molecule has 2 aliphatic rings. The molecule has 8 heteroatoms. The number of anilines is 1. The largest absolute Gasteiger partial charge is 0.454 e. The van der Waals surface area contributed by atoms with E-state index in [0.29, 0.717) is 15.9 Å². The van der Waals surface area contributed by atoms with Crippen LogP contribution in [0.4, 0.5) is 5.13 Å². The van der Waals surface area contributed by atoms with E-state index in [1.165, 1.54) is 11.3 Å². The van der Waals surface area contributed by atoms with E-state index in [2.05, 4.69) is 22.5 Å². The smallest absolute Gasteiger partial charge is 0.236 e. The van der Waals surface area contributed by atoms with Crippen molar-refractivity contribution in [3.05, 3.63) is 69.7 Å². The summed E-state index contributed by atoms with van der Waals surface area (Å²) in [5, 5.41) is 7.78. The molecule has 2 N–H and O–H groups in total. The van der Waals surface area contributed by atoms with Crippen molar-refractivity contribution in [1.29, 1.82) is 0 Å². The first-order valence-electron chi connectivity index (χ1n) is 10.3. The fraction of sp³-hybridized carbons (Fsp3) is 0.304. The second-order valence-electron chi connectivity index (χ2n) is 7.68. The Bertz CT molecular complexity index is 1130. The minimum Gasteiger partial charge on any atom is -0.454 e. The van der Waals surface area contributed by atoms with Crippen molar-refractivity contribution >= 4 is 34.0 Å². The molecule has 1 unspecified atom stereocenters. The molecule has 0 spiro atoms. The first-order chi connectivity index (χ1) is 15.1. The molecule has 3 aromatic rings. The third-order valence-corrected chi connectivity index (χ3v) is 7.08. The summed E-state index contributed by atoms with van der Waals surface area (Å²) < 4.78 is 10.9. The Morgan fingerprint density at radius 1 is 1.23 bits per heavy atom. The fourth-order valence-corrected chi connectivity index (χ4v) is 5.09. The Kier molecular flexibility index (Phi) is 5.33. The summed E-state index contributed by atoms with van der Waals surface area (Å²) in [5.41, 5.74) is 1.41. The number of rotatable bonds is 7. The van der Waals surface area contributed by atoms with Gasteiger partial charge in [-0.15, -0.1) is 0 Å². The van der Waals surface area contributed by atoms with Crippen molar-refractivity contribution in [1.82, 2.24) is 10.3 Å². The molecule has 0 bridgehead atoms. The summed E-state index contributed by atoms with van der Waals surface area (Å²) in [6.07, 6.45) is 3.41. The van der Waals surface area contributed by atoms with Gasteiger partial charge in [-0.1, -0.05) is 54.1 Å². The second kappa shape index (κ2) is 8.15. The van der Waals surface area contributed by atoms with Gasteiger partial charge in [-0.3, -0.25) is 4.79 Å². The van der Waals surface area contributed by atoms with Crippen LogP contribution >= 0.6 is 22.9 Å². The van der Waals surface area contributed by atoms with Gasteiger partial charge in [-0.2, -0.15) is 0 Å². The van der Waals surface area contributed by atoms with Crippen molar-refractivity contribution in [2.45, 2.75) is 31.2 Å². The van der Waals surface area contributed by atoms with Gasteiger partial charge in [0.2, 0.25) is 12.7 Å². The molecule has 1 saturated carbocycles. The zero-order valence-corrected chi connectivity index (χ0v) is 18.6. The van der Waals surface area contributed by atoms with Crippen LogP contribution in [0.3, 0.4) is 0 Å². The van der Waals surface area contributed by atoms with Crippen LogP contribution < -0.4 is 20.1 Å². The Labute approximate surface area is 189 Å². The summed E-state index contributed by atoms with van der Waals surface area (Å²) >= 11 is 7.89. The molecule has 1 aliphatic carbocycles. The van der Waals surface area contributed by atoms with E-state index in [1.807, 2.05) is 42.5 Å². The molecular formula is C23H22ClN3O3S. The Morgan fingerprint density at radius 3 is 2.81 bits per heavy atom. The molecule has 2 heterocycles. The molecule has 1 aromatic heterocycles. The van der Waals surface area contributed by atoms with Gasteiger partial charge in [0.15, 0.2) is 16.6 Å². The summed E-state index contributed by atoms with van der Waals surface area (Å²) in [5.74, 6) is 1.38. The molecule has 1 amide bonds. The van der Waals surface area contributed by atoms with Gasteiger partial charge in [0.25, 0.3) is 0 Å². The van der Waals surface area contributed by atoms with Gasteiger partial charge in [0.05, 0.1) is 11.5 Å². The van der Waals surface area contributed by atoms with Crippen LogP contribution in [0.15, 0.2) is 48.7 Å². The average molecular weight is 456 g/mol. The number of halogens is 1. The molecule has 2 aromatic carbocycles. The minimum absolute atomic E-state index is 0.0370. The Morgan fingerprint density at radius 2 is 2.03 bits per heavy atom. The van der Waals surface area contributed by atoms with Gasteiger partial charge in [-0.05, 0) is 48.7 Å². The molecule has 1 atom stereocenters. The third-order valence-electron chi connectivity index (χ3n) is 5.76. The number of carbonyl (C=O) groups excluding carboxylic acids is 1. The highest BCUT2D eigenvalue weighted by Crippen LogP contribution is 2.51. The number of fused-ring (bicyclic) bond motifs is 1. The SMILES string of the molecule is CCNC(c1cnc(NC(=O)C2(c3ccc4c(c3)OCO4)CC2)s1)c1ccccc1Cl. The summed E-state index contributed by atoms with van der Waals surface area (Å²) in [4.78, 5) is 18.6. The number of amides is 1. The fourth-order valence-electron chi connectivity index (χ4n) is 3.94. The quantitative estimate of drug-likeness (QED) is 0.530. The van der Waals surface area contributed by atoms with Crippen LogP contribution in [0.1, 0.15) is 41.8 Å². The van der Waals surface area contributed by atoms with Crippen molar-refractivity contribution in [3.8, 4) is 11.5 Å². The molecule has 1 fully saturated rings. The summed E-state index contributed by atoms with van der Waals surface area (Å²) in [6.45, 7) is 3.05. The van der Waals surface area contributed by atoms with Crippen LogP contribution in [-0.2, 0) is 10.2 Å². The van der Waals surface area contributed by atoms with Gasteiger partial charge >= 0.3 is 0 Å². The molecule has 0 radical (unpaired) electrons. The van der Waals surface area contributed by atoms with Gasteiger partial charge < -0.3 is 20.1 Å². The molecule has 1 aliphatic heterocycles. The number of nitrogens with zero attached hydrogens (tertiary/aromatic N) is 1. The van der Waals surface area contributed by atoms with Crippen molar-refractivity contribution in [2.24, 2.45) is 0 Å². The van der Waals surface area contributed by atoms with Crippen LogP contribution in [0.5, 0.6) is 11.5 Å². The molecular weight excluding hydrogens is 434 g/mol. The number of ether oxygens (including phenoxy) is 2. The van der Waals surface area contributed by atoms with E-state index in [1.54, 1.807) is 6.20 Å². The highest BCUT2D eigenvalue weighted by molar-refractivity contribution is 7.15. The molecule has 6 nitrogen and oxygen atoms in total. The maximum Gasteiger partial charge on any atom is 0.236 e. The number of hydrogen-bond acceptors (Lipinski definition) is 6. The van der Waals surface area contributed by atoms with Crippen molar-refractivity contribution < 1.29 is 14.3 Å². The van der Waals surface area contributed by atoms with E-state index < -0.39 is 5.41 Å². The predicted molar refractivity (Wildman–Crippen MR) is 121 cm³/mol. The van der Waals surface area contributed by atoms with E-state index >= 15 is 0 Å². The molecule has 5 rings (SSSR count). The standard InChI is InChI=1S/C23H22ClN3O3S/c1-2-25-20(15-5-3-4-6-16(15)24)19-12-26-22(31-19)27-21(28)23(9-10-23)14-7-8-17-18(11-14)30-13-29-17/h3-8,11-12,20,25H,2,9-10,13H2,1H3,(H,26,27,28). The molecule has 160 valence electrons. The summed E-state index contributed by atoms with van der Waals surface area (Å²) in [6, 6.07) is 13.4. The topological polar surface area (TPSA) is 72.5 Å². The zero-order chi connectivity index (χ0) is 21.4. The average Bonchev–Trinajstić information content (AvgIpc) is 3.24. The number of hydrogen-bond donors (Lipinski definition) is 2. The summed E-state index contributed by atoms with van der Waals surface area (Å²) in [7, 11) is 0. The monoisotopic (exact) mass is 455 g/mol. The third kappa shape index (κ3) is 3.78. The van der Waals surface area contributed by atoms with Crippen LogP contribution in [0.25, 0.3) is 0 Å². The van der Waals surface area contributed by atoms with Gasteiger partial charge in [0, 0.05) is 16.1 Å². The van der Waals surface area contributed by atoms with Crippen molar-refractivity contribution in [3.63, 3.8) is 0 Å². The lowest BCUT2D eigenvalue weighted by Gasteiger charge is -2.18. The lowest BCUT2D eigenvalue weighted by Crippen LogP contribution is -2.27. The normalized spacial score (nSPS) is 16.7. The number of benzene rings is 2. The number of thiazole rings is 1. The number of nitrogens with one attached hydrogen (secondary N) is 2. The number of aromatic nitrogens is 1. The lowest BCUT2D eigenvalue weighted by molar-refractivity contribution is -0.118. The zero-order valence-electron chi connectivity index (χ0n) is 17.0. The van der Waals surface area contributed by atoms with Gasteiger partial charge in [-0.25, -0.2) is 4.98 Å². The Hall–Kier alpha value is -2.61. The van der Waals surface area contributed by atoms with E-state index in [4.69, 9.17) is 21.1 Å². The first-order valence-corrected chi connectivity index (χ1v) is 11.5. The number of carbonyl (C=O) groups is 1. The maximum absolute atomic E-state index is 13.2. The highest BCUT2D eigenvalue weighted by atomic mass is 35.5. The van der Waals surface area contributed by atoms with Crippen molar-refractivity contribution in [2.75, 3.05) is 18.7 Å². The second-order valence-corrected chi connectivity index (χ2v) is 9.15. The highest BCUT2D eigenvalue weighted by Gasteiger charge is 2.52. The lowest BCUT2D eigenvalue weighted by atomic mass is 9.94. The van der Waals surface area contributed by atoms with E-state index in [9.17, 15) is 4.79 Å². The molecule has 31 heavy (non-hydrogen) atoms. The predicted octanol–water partition coefficient (Wildman–Crippen LogP) is 4.89. The van der Waals surface area contributed by atoms with Crippen LogP contribution in [0, 0.1) is 0 Å². The Balaban J connectivity index is 1.35.